The third-order valence-electron chi connectivity index (χ3n) is 4.11. The van der Waals surface area contributed by atoms with Crippen LogP contribution in [0, 0.1) is 15.9 Å². The Balaban J connectivity index is 1.80. The number of halogens is 1. The lowest BCUT2D eigenvalue weighted by Gasteiger charge is -2.26. The Morgan fingerprint density at radius 1 is 1.29 bits per heavy atom. The highest BCUT2D eigenvalue weighted by Gasteiger charge is 2.24. The fraction of sp³-hybridized carbons (Fsp3) is 0.267. The zero-order chi connectivity index (χ0) is 16.7. The van der Waals surface area contributed by atoms with E-state index in [1.165, 1.54) is 35.1 Å². The number of nitro groups is 1. The quantitative estimate of drug-likeness (QED) is 0.584. The number of nitrogens with zero attached hydrogens (tertiary/aromatic N) is 5. The van der Waals surface area contributed by atoms with Gasteiger partial charge < -0.3 is 5.32 Å². The molecule has 0 unspecified atom stereocenters. The SMILES string of the molecule is O=[N+]([O-])c1cnc(-c2cnc3ccc(F)cn23)nc1NC1CCC1. The molecule has 0 saturated heterocycles. The average Bonchev–Trinajstić information content (AvgIpc) is 2.93. The van der Waals surface area contributed by atoms with Crippen molar-refractivity contribution >= 4 is 17.2 Å². The highest BCUT2D eigenvalue weighted by molar-refractivity contribution is 5.63. The molecule has 0 amide bonds. The Morgan fingerprint density at radius 3 is 2.83 bits per heavy atom. The second kappa shape index (κ2) is 5.52. The molecule has 3 aromatic rings. The summed E-state index contributed by atoms with van der Waals surface area (Å²) < 4.78 is 15.0. The summed E-state index contributed by atoms with van der Waals surface area (Å²) in [6.07, 6.45) is 6.97. The fourth-order valence-electron chi connectivity index (χ4n) is 2.60. The van der Waals surface area contributed by atoms with E-state index in [0.717, 1.165) is 19.3 Å². The molecule has 0 bridgehead atoms. The summed E-state index contributed by atoms with van der Waals surface area (Å²) in [6, 6.07) is 3.04. The van der Waals surface area contributed by atoms with E-state index < -0.39 is 10.7 Å². The number of fused-ring (bicyclic) bond motifs is 1. The van der Waals surface area contributed by atoms with Gasteiger partial charge >= 0.3 is 5.69 Å². The van der Waals surface area contributed by atoms with E-state index in [-0.39, 0.29) is 23.4 Å². The standard InChI is InChI=1S/C15H13FN6O2/c16-9-4-5-13-17-6-11(21(13)8-9)14-18-7-12(22(23)24)15(20-14)19-10-2-1-3-10/h4-8,10H,1-3H2,(H,18,19,20). The van der Waals surface area contributed by atoms with E-state index >= 15 is 0 Å². The second-order valence-electron chi connectivity index (χ2n) is 5.68. The molecule has 3 aromatic heterocycles. The normalized spacial score (nSPS) is 14.5. The molecule has 0 aliphatic heterocycles. The summed E-state index contributed by atoms with van der Waals surface area (Å²) in [5, 5.41) is 14.3. The first-order valence-corrected chi connectivity index (χ1v) is 7.53. The van der Waals surface area contributed by atoms with Gasteiger partial charge in [-0.1, -0.05) is 0 Å². The number of pyridine rings is 1. The van der Waals surface area contributed by atoms with Gasteiger partial charge in [-0.3, -0.25) is 14.5 Å². The highest BCUT2D eigenvalue weighted by Crippen LogP contribution is 2.29. The topological polar surface area (TPSA) is 98.2 Å². The van der Waals surface area contributed by atoms with Crippen LogP contribution in [-0.4, -0.2) is 30.3 Å². The van der Waals surface area contributed by atoms with Crippen molar-refractivity contribution in [2.45, 2.75) is 25.3 Å². The van der Waals surface area contributed by atoms with Gasteiger partial charge in [0.05, 0.1) is 11.1 Å². The number of hydrogen-bond acceptors (Lipinski definition) is 6. The van der Waals surface area contributed by atoms with Crippen molar-refractivity contribution in [1.29, 1.82) is 0 Å². The molecule has 0 atom stereocenters. The summed E-state index contributed by atoms with van der Waals surface area (Å²) in [6.45, 7) is 0. The van der Waals surface area contributed by atoms with Crippen LogP contribution >= 0.6 is 0 Å². The number of aromatic nitrogens is 4. The molecule has 1 saturated carbocycles. The van der Waals surface area contributed by atoms with E-state index in [0.29, 0.717) is 11.3 Å². The molecule has 122 valence electrons. The van der Waals surface area contributed by atoms with E-state index in [2.05, 4.69) is 20.3 Å². The zero-order valence-electron chi connectivity index (χ0n) is 12.5. The molecule has 1 fully saturated rings. The first-order valence-electron chi connectivity index (χ1n) is 7.53. The largest absolute Gasteiger partial charge is 0.361 e. The molecular formula is C15H13FN6O2. The smallest absolute Gasteiger partial charge is 0.329 e. The summed E-state index contributed by atoms with van der Waals surface area (Å²) in [5.41, 5.74) is 0.837. The number of hydrogen-bond donors (Lipinski definition) is 1. The molecular weight excluding hydrogens is 315 g/mol. The van der Waals surface area contributed by atoms with Gasteiger partial charge in [0, 0.05) is 12.2 Å². The van der Waals surface area contributed by atoms with E-state index in [1.54, 1.807) is 0 Å². The van der Waals surface area contributed by atoms with Gasteiger partial charge in [0.1, 0.15) is 23.4 Å². The lowest BCUT2D eigenvalue weighted by Crippen LogP contribution is -2.28. The maximum Gasteiger partial charge on any atom is 0.329 e. The van der Waals surface area contributed by atoms with Crippen LogP contribution in [0.5, 0.6) is 0 Å². The minimum absolute atomic E-state index is 0.175. The Morgan fingerprint density at radius 2 is 2.12 bits per heavy atom. The molecule has 1 aliphatic rings. The second-order valence-corrected chi connectivity index (χ2v) is 5.68. The van der Waals surface area contributed by atoms with Gasteiger partial charge in [-0.2, -0.15) is 0 Å². The highest BCUT2D eigenvalue weighted by atomic mass is 19.1. The Bertz CT molecular complexity index is 937. The number of imidazole rings is 1. The summed E-state index contributed by atoms with van der Waals surface area (Å²) in [7, 11) is 0. The van der Waals surface area contributed by atoms with Gasteiger partial charge in [0.2, 0.25) is 5.82 Å². The molecule has 3 heterocycles. The molecule has 0 spiro atoms. The Hall–Kier alpha value is -3.10. The number of rotatable bonds is 4. The predicted octanol–water partition coefficient (Wildman–Crippen LogP) is 2.80. The average molecular weight is 328 g/mol. The van der Waals surface area contributed by atoms with Crippen molar-refractivity contribution in [1.82, 2.24) is 19.4 Å². The summed E-state index contributed by atoms with van der Waals surface area (Å²) >= 11 is 0. The van der Waals surface area contributed by atoms with Crippen molar-refractivity contribution in [2.24, 2.45) is 0 Å². The van der Waals surface area contributed by atoms with Crippen molar-refractivity contribution in [3.05, 3.63) is 46.7 Å². The fourth-order valence-corrected chi connectivity index (χ4v) is 2.60. The van der Waals surface area contributed by atoms with Gasteiger partial charge in [-0.25, -0.2) is 19.3 Å². The molecule has 1 N–H and O–H groups in total. The molecule has 0 aromatic carbocycles. The van der Waals surface area contributed by atoms with Crippen molar-refractivity contribution in [3.63, 3.8) is 0 Å². The Labute approximate surface area is 135 Å². The minimum atomic E-state index is -0.515. The number of nitrogens with one attached hydrogen (secondary N) is 1. The van der Waals surface area contributed by atoms with Crippen molar-refractivity contribution < 1.29 is 9.31 Å². The lowest BCUT2D eigenvalue weighted by molar-refractivity contribution is -0.384. The number of anilines is 1. The van der Waals surface area contributed by atoms with Crippen molar-refractivity contribution in [3.8, 4) is 11.5 Å². The third kappa shape index (κ3) is 2.43. The summed E-state index contributed by atoms with van der Waals surface area (Å²) in [4.78, 5) is 23.2. The predicted molar refractivity (Wildman–Crippen MR) is 84.1 cm³/mol. The minimum Gasteiger partial charge on any atom is -0.361 e. The van der Waals surface area contributed by atoms with Crippen LogP contribution < -0.4 is 5.32 Å². The summed E-state index contributed by atoms with van der Waals surface area (Å²) in [5.74, 6) is 0.0121. The van der Waals surface area contributed by atoms with Crippen LogP contribution in [0.25, 0.3) is 17.2 Å². The molecule has 0 radical (unpaired) electrons. The van der Waals surface area contributed by atoms with Crippen LogP contribution in [0.2, 0.25) is 0 Å². The van der Waals surface area contributed by atoms with Crippen LogP contribution in [0.4, 0.5) is 15.9 Å². The molecule has 1 aliphatic carbocycles. The third-order valence-corrected chi connectivity index (χ3v) is 4.11. The maximum atomic E-state index is 13.5. The monoisotopic (exact) mass is 328 g/mol. The molecule has 8 nitrogen and oxygen atoms in total. The van der Waals surface area contributed by atoms with Gasteiger partial charge in [-0.15, -0.1) is 0 Å². The first-order chi connectivity index (χ1) is 11.6. The first kappa shape index (κ1) is 14.5. The van der Waals surface area contributed by atoms with Crippen LogP contribution in [0.15, 0.2) is 30.7 Å². The van der Waals surface area contributed by atoms with Crippen LogP contribution in [0.1, 0.15) is 19.3 Å². The Kier molecular flexibility index (Phi) is 3.33. The molecule has 9 heteroatoms. The van der Waals surface area contributed by atoms with E-state index in [4.69, 9.17) is 0 Å². The van der Waals surface area contributed by atoms with E-state index in [1.807, 2.05) is 0 Å². The zero-order valence-corrected chi connectivity index (χ0v) is 12.5. The molecule has 4 rings (SSSR count). The molecule has 24 heavy (non-hydrogen) atoms. The van der Waals surface area contributed by atoms with E-state index in [9.17, 15) is 14.5 Å². The van der Waals surface area contributed by atoms with Crippen LogP contribution in [-0.2, 0) is 0 Å². The van der Waals surface area contributed by atoms with Gasteiger partial charge in [0.25, 0.3) is 0 Å². The maximum absolute atomic E-state index is 13.5. The van der Waals surface area contributed by atoms with Crippen LogP contribution in [0.3, 0.4) is 0 Å². The van der Waals surface area contributed by atoms with Gasteiger partial charge in [-0.05, 0) is 31.4 Å². The van der Waals surface area contributed by atoms with Crippen molar-refractivity contribution in [2.75, 3.05) is 5.32 Å². The lowest BCUT2D eigenvalue weighted by atomic mass is 9.93. The van der Waals surface area contributed by atoms with Gasteiger partial charge in [0.15, 0.2) is 5.82 Å².